The van der Waals surface area contributed by atoms with Crippen LogP contribution in [0.4, 0.5) is 5.69 Å². The number of aromatic amines is 1. The van der Waals surface area contributed by atoms with Gasteiger partial charge in [0.05, 0.1) is 17.6 Å². The van der Waals surface area contributed by atoms with Crippen molar-refractivity contribution in [2.75, 3.05) is 5.32 Å². The number of rotatable bonds is 2. The average molecular weight is 241 g/mol. The Balaban J connectivity index is 1.97. The summed E-state index contributed by atoms with van der Waals surface area (Å²) in [6, 6.07) is 6.00. The molecule has 4 heteroatoms. The van der Waals surface area contributed by atoms with Crippen LogP contribution in [-0.4, -0.2) is 9.97 Å². The summed E-state index contributed by atoms with van der Waals surface area (Å²) in [6.45, 7) is 7.97. The van der Waals surface area contributed by atoms with Gasteiger partial charge >= 0.3 is 0 Å². The molecule has 1 aromatic heterocycles. The zero-order valence-corrected chi connectivity index (χ0v) is 10.4. The lowest BCUT2D eigenvalue weighted by Gasteiger charge is -2.01. The van der Waals surface area contributed by atoms with Gasteiger partial charge in [0, 0.05) is 11.5 Å². The quantitative estimate of drug-likeness (QED) is 0.846. The topological polar surface area (TPSA) is 49.9 Å². The van der Waals surface area contributed by atoms with Gasteiger partial charge in [-0.15, -0.1) is 0 Å². The molecule has 1 aliphatic heterocycles. The Morgan fingerprint density at radius 3 is 2.89 bits per heavy atom. The molecule has 0 amide bonds. The maximum Gasteiger partial charge on any atom is 0.190 e. The molecule has 18 heavy (non-hydrogen) atoms. The molecule has 0 unspecified atom stereocenters. The van der Waals surface area contributed by atoms with Crippen molar-refractivity contribution in [2.45, 2.75) is 19.8 Å². The van der Waals surface area contributed by atoms with Gasteiger partial charge < -0.3 is 15.0 Å². The second-order valence-corrected chi connectivity index (χ2v) is 4.70. The first kappa shape index (κ1) is 10.9. The van der Waals surface area contributed by atoms with Gasteiger partial charge in [0.25, 0.3) is 0 Å². The zero-order chi connectivity index (χ0) is 12.7. The largest absolute Gasteiger partial charge is 0.439 e. The van der Waals surface area contributed by atoms with Gasteiger partial charge in [0.1, 0.15) is 5.82 Å². The van der Waals surface area contributed by atoms with Crippen LogP contribution in [0, 0.1) is 0 Å². The Morgan fingerprint density at radius 1 is 1.33 bits per heavy atom. The highest BCUT2D eigenvalue weighted by Crippen LogP contribution is 2.36. The second-order valence-electron chi connectivity index (χ2n) is 4.70. The molecule has 1 aromatic carbocycles. The summed E-state index contributed by atoms with van der Waals surface area (Å²) in [5.74, 6) is 2.76. The predicted molar refractivity (Wildman–Crippen MR) is 71.5 cm³/mol. The van der Waals surface area contributed by atoms with E-state index in [1.54, 1.807) is 0 Å². The zero-order valence-electron chi connectivity index (χ0n) is 10.4. The maximum absolute atomic E-state index is 5.48. The van der Waals surface area contributed by atoms with Crippen LogP contribution < -0.4 is 10.1 Å². The minimum absolute atomic E-state index is 0.394. The third-order valence-corrected chi connectivity index (χ3v) is 2.94. The van der Waals surface area contributed by atoms with Crippen molar-refractivity contribution in [2.24, 2.45) is 0 Å². The van der Waals surface area contributed by atoms with E-state index in [2.05, 4.69) is 35.7 Å². The average Bonchev–Trinajstić information content (AvgIpc) is 2.91. The van der Waals surface area contributed by atoms with Crippen molar-refractivity contribution in [3.8, 4) is 17.0 Å². The van der Waals surface area contributed by atoms with Gasteiger partial charge in [0.2, 0.25) is 0 Å². The highest BCUT2D eigenvalue weighted by Gasteiger charge is 2.16. The van der Waals surface area contributed by atoms with Crippen molar-refractivity contribution < 1.29 is 4.74 Å². The van der Waals surface area contributed by atoms with E-state index >= 15 is 0 Å². The number of hydrogen-bond acceptors (Lipinski definition) is 3. The van der Waals surface area contributed by atoms with Crippen LogP contribution >= 0.6 is 0 Å². The van der Waals surface area contributed by atoms with Crippen molar-refractivity contribution in [3.05, 3.63) is 42.7 Å². The molecule has 92 valence electrons. The first-order valence-corrected chi connectivity index (χ1v) is 5.96. The monoisotopic (exact) mass is 241 g/mol. The van der Waals surface area contributed by atoms with E-state index in [1.807, 2.05) is 24.4 Å². The number of nitrogens with zero attached hydrogens (tertiary/aromatic N) is 1. The van der Waals surface area contributed by atoms with E-state index in [0.29, 0.717) is 11.8 Å². The molecule has 0 fully saturated rings. The minimum atomic E-state index is 0.394. The molecule has 2 N–H and O–H groups in total. The predicted octanol–water partition coefficient (Wildman–Crippen LogP) is 3.48. The number of ether oxygens (including phenoxy) is 1. The molecule has 2 heterocycles. The van der Waals surface area contributed by atoms with Crippen molar-refractivity contribution >= 4 is 5.69 Å². The molecule has 3 rings (SSSR count). The first-order valence-electron chi connectivity index (χ1n) is 5.96. The third kappa shape index (κ3) is 1.76. The van der Waals surface area contributed by atoms with E-state index < -0.39 is 0 Å². The molecule has 0 aliphatic carbocycles. The highest BCUT2D eigenvalue weighted by molar-refractivity contribution is 5.71. The number of aromatic nitrogens is 2. The lowest BCUT2D eigenvalue weighted by atomic mass is 10.1. The van der Waals surface area contributed by atoms with Crippen LogP contribution in [0.3, 0.4) is 0 Å². The second kappa shape index (κ2) is 3.91. The number of H-pyrrole nitrogens is 1. The summed E-state index contributed by atoms with van der Waals surface area (Å²) in [7, 11) is 0. The molecule has 0 saturated heterocycles. The Hall–Kier alpha value is -2.23. The Labute approximate surface area is 106 Å². The molecule has 2 aromatic rings. The minimum Gasteiger partial charge on any atom is -0.439 e. The van der Waals surface area contributed by atoms with Crippen LogP contribution in [0.2, 0.25) is 0 Å². The fraction of sp³-hybridized carbons (Fsp3) is 0.214. The maximum atomic E-state index is 5.48. The molecule has 0 spiro atoms. The van der Waals surface area contributed by atoms with Crippen molar-refractivity contribution in [1.82, 2.24) is 9.97 Å². The molecule has 0 bridgehead atoms. The van der Waals surface area contributed by atoms with E-state index in [1.165, 1.54) is 0 Å². The van der Waals surface area contributed by atoms with Crippen LogP contribution in [0.5, 0.6) is 5.75 Å². The third-order valence-electron chi connectivity index (χ3n) is 2.94. The smallest absolute Gasteiger partial charge is 0.190 e. The molecule has 4 nitrogen and oxygen atoms in total. The number of nitrogens with one attached hydrogen (secondary N) is 2. The molecule has 0 atom stereocenters. The summed E-state index contributed by atoms with van der Waals surface area (Å²) in [5, 5.41) is 3.06. The normalized spacial score (nSPS) is 13.4. The summed E-state index contributed by atoms with van der Waals surface area (Å²) in [5.41, 5.74) is 3.01. The SMILES string of the molecule is C=C1Nc2ccc(-c3cnc(C(C)C)[nH]3)cc2O1. The number of benzene rings is 1. The standard InChI is InChI=1S/C14H15N3O/c1-8(2)14-15-7-12(17-14)10-4-5-11-13(6-10)18-9(3)16-11/h4-8,16H,3H2,1-2H3,(H,15,17). The Morgan fingerprint density at radius 2 is 2.17 bits per heavy atom. The molecular formula is C14H15N3O. The molecule has 1 aliphatic rings. The highest BCUT2D eigenvalue weighted by atomic mass is 16.5. The van der Waals surface area contributed by atoms with Crippen molar-refractivity contribution in [1.29, 1.82) is 0 Å². The molecule has 0 radical (unpaired) electrons. The molecule has 0 saturated carbocycles. The summed E-state index contributed by atoms with van der Waals surface area (Å²) in [4.78, 5) is 7.69. The van der Waals surface area contributed by atoms with E-state index in [9.17, 15) is 0 Å². The van der Waals surface area contributed by atoms with Crippen molar-refractivity contribution in [3.63, 3.8) is 0 Å². The molecular weight excluding hydrogens is 226 g/mol. The number of fused-ring (bicyclic) bond motifs is 1. The number of hydrogen-bond donors (Lipinski definition) is 2. The van der Waals surface area contributed by atoms with E-state index in [4.69, 9.17) is 4.74 Å². The van der Waals surface area contributed by atoms with Crippen LogP contribution in [-0.2, 0) is 0 Å². The Kier molecular flexibility index (Phi) is 2.37. The lowest BCUT2D eigenvalue weighted by Crippen LogP contribution is -1.92. The number of imidazole rings is 1. The van der Waals surface area contributed by atoms with Gasteiger partial charge in [-0.05, 0) is 18.7 Å². The Bertz CT molecular complexity index is 613. The summed E-state index contributed by atoms with van der Waals surface area (Å²) < 4.78 is 5.48. The van der Waals surface area contributed by atoms with Crippen LogP contribution in [0.15, 0.2) is 36.9 Å². The summed E-state index contributed by atoms with van der Waals surface area (Å²) >= 11 is 0. The fourth-order valence-electron chi connectivity index (χ4n) is 1.96. The first-order chi connectivity index (χ1) is 8.63. The fourth-order valence-corrected chi connectivity index (χ4v) is 1.96. The van der Waals surface area contributed by atoms with Gasteiger partial charge in [-0.2, -0.15) is 0 Å². The van der Waals surface area contributed by atoms with E-state index in [-0.39, 0.29) is 0 Å². The van der Waals surface area contributed by atoms with Gasteiger partial charge in [-0.3, -0.25) is 0 Å². The van der Waals surface area contributed by atoms with Gasteiger partial charge in [0.15, 0.2) is 11.6 Å². The summed E-state index contributed by atoms with van der Waals surface area (Å²) in [6.07, 6.45) is 1.86. The van der Waals surface area contributed by atoms with Gasteiger partial charge in [-0.25, -0.2) is 4.98 Å². The number of anilines is 1. The lowest BCUT2D eigenvalue weighted by molar-refractivity contribution is 0.460. The van der Waals surface area contributed by atoms with E-state index in [0.717, 1.165) is 28.5 Å². The van der Waals surface area contributed by atoms with Crippen LogP contribution in [0.1, 0.15) is 25.6 Å². The van der Waals surface area contributed by atoms with Crippen LogP contribution in [0.25, 0.3) is 11.3 Å². The van der Waals surface area contributed by atoms with Gasteiger partial charge in [-0.1, -0.05) is 19.9 Å².